The largest absolute Gasteiger partial charge is 0.390 e. The second-order valence-corrected chi connectivity index (χ2v) is 10.2. The molecule has 3 atom stereocenters. The van der Waals surface area contributed by atoms with E-state index in [-0.39, 0.29) is 13.2 Å². The highest BCUT2D eigenvalue weighted by Crippen LogP contribution is 2.17. The molecule has 0 spiro atoms. The zero-order chi connectivity index (χ0) is 26.5. The molecule has 2 rings (SSSR count). The van der Waals surface area contributed by atoms with Gasteiger partial charge in [-0.3, -0.25) is 14.6 Å². The van der Waals surface area contributed by atoms with E-state index in [1.54, 1.807) is 42.4 Å². The lowest BCUT2D eigenvalue weighted by Crippen LogP contribution is -2.50. The number of aliphatic hydroxyl groups is 2. The van der Waals surface area contributed by atoms with Gasteiger partial charge in [0.25, 0.3) is 11.8 Å². The molecule has 0 saturated heterocycles. The Labute approximate surface area is 221 Å². The summed E-state index contributed by atoms with van der Waals surface area (Å²) in [6.07, 6.45) is 6.49. The molecule has 0 saturated carbocycles. The van der Waals surface area contributed by atoms with Crippen LogP contribution in [0.1, 0.15) is 72.8 Å². The van der Waals surface area contributed by atoms with Gasteiger partial charge in [0.2, 0.25) is 0 Å². The van der Waals surface area contributed by atoms with Crippen LogP contribution in [0.3, 0.4) is 0 Å². The lowest BCUT2D eigenvalue weighted by molar-refractivity contribution is -0.00731. The van der Waals surface area contributed by atoms with Crippen LogP contribution in [0.25, 0.3) is 0 Å². The van der Waals surface area contributed by atoms with Crippen molar-refractivity contribution in [3.63, 3.8) is 0 Å². The van der Waals surface area contributed by atoms with E-state index in [2.05, 4.69) is 10.3 Å². The van der Waals surface area contributed by atoms with E-state index >= 15 is 0 Å². The molecular formula is C28H43N3O4S. The number of rotatable bonds is 15. The van der Waals surface area contributed by atoms with Crippen LogP contribution in [-0.4, -0.2) is 75.3 Å². The molecule has 0 aliphatic heterocycles. The van der Waals surface area contributed by atoms with Gasteiger partial charge in [0.15, 0.2) is 0 Å². The second kappa shape index (κ2) is 15.6. The summed E-state index contributed by atoms with van der Waals surface area (Å²) in [6, 6.07) is 8.10. The van der Waals surface area contributed by atoms with E-state index in [4.69, 9.17) is 0 Å². The average molecular weight is 518 g/mol. The molecule has 200 valence electrons. The first kappa shape index (κ1) is 29.8. The van der Waals surface area contributed by atoms with Gasteiger partial charge in [0.05, 0.1) is 12.1 Å². The molecule has 0 bridgehead atoms. The highest BCUT2D eigenvalue weighted by molar-refractivity contribution is 7.98. The van der Waals surface area contributed by atoms with Crippen molar-refractivity contribution in [2.24, 2.45) is 0 Å². The summed E-state index contributed by atoms with van der Waals surface area (Å²) in [5.41, 5.74) is 2.53. The number of hydrogen-bond acceptors (Lipinski definition) is 6. The Morgan fingerprint density at radius 1 is 1.08 bits per heavy atom. The van der Waals surface area contributed by atoms with Crippen molar-refractivity contribution >= 4 is 23.6 Å². The maximum Gasteiger partial charge on any atom is 0.253 e. The molecule has 8 heteroatoms. The van der Waals surface area contributed by atoms with Crippen LogP contribution < -0.4 is 5.32 Å². The normalized spacial score (nSPS) is 13.6. The van der Waals surface area contributed by atoms with E-state index in [9.17, 15) is 19.8 Å². The van der Waals surface area contributed by atoms with Crippen LogP contribution >= 0.6 is 11.8 Å². The predicted octanol–water partition coefficient (Wildman–Crippen LogP) is 4.10. The van der Waals surface area contributed by atoms with Gasteiger partial charge in [0.1, 0.15) is 6.10 Å². The maximum atomic E-state index is 13.3. The number of benzene rings is 1. The monoisotopic (exact) mass is 517 g/mol. The summed E-state index contributed by atoms with van der Waals surface area (Å²) in [5, 5.41) is 24.5. The fourth-order valence-corrected chi connectivity index (χ4v) is 4.69. The number of aryl methyl sites for hydroxylation is 1. The Kier molecular flexibility index (Phi) is 12.9. The second-order valence-electron chi connectivity index (χ2n) is 9.21. The molecule has 3 N–H and O–H groups in total. The van der Waals surface area contributed by atoms with Crippen molar-refractivity contribution in [3.8, 4) is 0 Å². The third kappa shape index (κ3) is 9.22. The van der Waals surface area contributed by atoms with Crippen molar-refractivity contribution in [1.29, 1.82) is 0 Å². The van der Waals surface area contributed by atoms with Gasteiger partial charge in [-0.2, -0.15) is 11.8 Å². The van der Waals surface area contributed by atoms with Crippen molar-refractivity contribution in [2.45, 2.75) is 71.1 Å². The summed E-state index contributed by atoms with van der Waals surface area (Å²) in [6.45, 7) is 7.26. The Bertz CT molecular complexity index is 958. The van der Waals surface area contributed by atoms with Gasteiger partial charge in [0, 0.05) is 38.0 Å². The first-order valence-corrected chi connectivity index (χ1v) is 14.2. The molecule has 0 radical (unpaired) electrons. The van der Waals surface area contributed by atoms with Crippen molar-refractivity contribution in [2.75, 3.05) is 25.1 Å². The third-order valence-corrected chi connectivity index (χ3v) is 6.73. The quantitative estimate of drug-likeness (QED) is 0.307. The Morgan fingerprint density at radius 2 is 1.72 bits per heavy atom. The zero-order valence-electron chi connectivity index (χ0n) is 21.9. The van der Waals surface area contributed by atoms with Crippen molar-refractivity contribution in [3.05, 3.63) is 65.0 Å². The standard InChI is InChI=1S/C28H41N3O4S.H2/c1-5-13-31(14-6-2)28(35)23-17-20(3)16-22(19-23)27(34)30-24(18-21-9-11-29-12-10-21)26(33)25(32)8-7-15-36-4;/h9-12,16-17,19,24-26,32-33H,5-8,13-15,18H2,1-4H3,(H,30,34);1H. The van der Waals surface area contributed by atoms with Crippen molar-refractivity contribution < 1.29 is 21.2 Å². The molecule has 7 nitrogen and oxygen atoms in total. The molecule has 2 amide bonds. The molecule has 3 unspecified atom stereocenters. The fraction of sp³-hybridized carbons (Fsp3) is 0.536. The number of carbonyl (C=O) groups is 2. The number of aliphatic hydroxyl groups excluding tert-OH is 2. The molecule has 2 aromatic rings. The van der Waals surface area contributed by atoms with Crippen LogP contribution in [-0.2, 0) is 6.42 Å². The Hall–Kier alpha value is -2.42. The Morgan fingerprint density at radius 3 is 2.33 bits per heavy atom. The molecule has 1 aromatic heterocycles. The van der Waals surface area contributed by atoms with Gasteiger partial charge in [-0.05, 0) is 92.5 Å². The number of nitrogens with zero attached hydrogens (tertiary/aromatic N) is 2. The van der Waals surface area contributed by atoms with Crippen LogP contribution in [0.15, 0.2) is 42.7 Å². The third-order valence-electron chi connectivity index (χ3n) is 6.04. The van der Waals surface area contributed by atoms with E-state index in [1.807, 2.05) is 44.1 Å². The number of hydrogen-bond donors (Lipinski definition) is 3. The summed E-state index contributed by atoms with van der Waals surface area (Å²) in [7, 11) is 0. The van der Waals surface area contributed by atoms with Gasteiger partial charge >= 0.3 is 0 Å². The Balaban J connectivity index is 0.00000684. The lowest BCUT2D eigenvalue weighted by atomic mass is 9.95. The van der Waals surface area contributed by atoms with E-state index < -0.39 is 18.2 Å². The molecule has 0 fully saturated rings. The van der Waals surface area contributed by atoms with Crippen molar-refractivity contribution in [1.82, 2.24) is 15.2 Å². The van der Waals surface area contributed by atoms with Gasteiger partial charge in [-0.1, -0.05) is 13.8 Å². The summed E-state index contributed by atoms with van der Waals surface area (Å²) >= 11 is 1.69. The topological polar surface area (TPSA) is 103 Å². The highest BCUT2D eigenvalue weighted by Gasteiger charge is 2.28. The minimum absolute atomic E-state index is 0. The number of thioether (sulfide) groups is 1. The molecule has 1 aromatic carbocycles. The van der Waals surface area contributed by atoms with Crippen LogP contribution in [0.4, 0.5) is 0 Å². The SMILES string of the molecule is CCCN(CCC)C(=O)c1cc(C)cc(C(=O)NC(Cc2ccncc2)C(O)C(O)CCCSC)c1.[HH]. The first-order valence-electron chi connectivity index (χ1n) is 12.8. The number of amides is 2. The summed E-state index contributed by atoms with van der Waals surface area (Å²) in [4.78, 5) is 32.3. The number of pyridine rings is 1. The van der Waals surface area contributed by atoms with Gasteiger partial charge in [-0.25, -0.2) is 0 Å². The van der Waals surface area contributed by atoms with E-state index in [0.717, 1.165) is 36.1 Å². The van der Waals surface area contributed by atoms with Crippen LogP contribution in [0.5, 0.6) is 0 Å². The first-order chi connectivity index (χ1) is 17.3. The number of nitrogens with one attached hydrogen (secondary N) is 1. The minimum atomic E-state index is -1.14. The van der Waals surface area contributed by atoms with E-state index in [1.165, 1.54) is 0 Å². The average Bonchev–Trinajstić information content (AvgIpc) is 2.87. The van der Waals surface area contributed by atoms with Gasteiger partial charge in [-0.15, -0.1) is 0 Å². The molecule has 0 aliphatic rings. The van der Waals surface area contributed by atoms with Gasteiger partial charge < -0.3 is 20.4 Å². The minimum Gasteiger partial charge on any atom is -0.390 e. The summed E-state index contributed by atoms with van der Waals surface area (Å²) in [5.74, 6) is 0.409. The smallest absolute Gasteiger partial charge is 0.253 e. The highest BCUT2D eigenvalue weighted by atomic mass is 32.2. The maximum absolute atomic E-state index is 13.3. The molecule has 0 aliphatic carbocycles. The number of aromatic nitrogens is 1. The molecular weight excluding hydrogens is 474 g/mol. The van der Waals surface area contributed by atoms with Crippen LogP contribution in [0.2, 0.25) is 0 Å². The molecule has 1 heterocycles. The lowest BCUT2D eigenvalue weighted by Gasteiger charge is -2.28. The zero-order valence-corrected chi connectivity index (χ0v) is 22.8. The number of carbonyl (C=O) groups excluding carboxylic acids is 2. The predicted molar refractivity (Wildman–Crippen MR) is 149 cm³/mol. The summed E-state index contributed by atoms with van der Waals surface area (Å²) < 4.78 is 0. The molecule has 36 heavy (non-hydrogen) atoms. The fourth-order valence-electron chi connectivity index (χ4n) is 4.23. The van der Waals surface area contributed by atoms with E-state index in [0.29, 0.717) is 37.1 Å². The van der Waals surface area contributed by atoms with Crippen LogP contribution in [0, 0.1) is 6.92 Å².